The maximum absolute atomic E-state index is 14.6. The molecule has 1 fully saturated rings. The van der Waals surface area contributed by atoms with Gasteiger partial charge in [0, 0.05) is 93.2 Å². The number of hydrogen-bond donors (Lipinski definition) is 0. The fraction of sp³-hybridized carbons (Fsp3) is 0.353. The molecule has 10 nitrogen and oxygen atoms in total. The zero-order valence-corrected chi connectivity index (χ0v) is 26.7. The van der Waals surface area contributed by atoms with Gasteiger partial charge in [-0.2, -0.15) is 18.3 Å². The normalized spacial score (nSPS) is 15.9. The van der Waals surface area contributed by atoms with Gasteiger partial charge in [0.1, 0.15) is 5.75 Å². The molecule has 3 aromatic heterocycles. The first kappa shape index (κ1) is 30.7. The fourth-order valence-corrected chi connectivity index (χ4v) is 6.73. The van der Waals surface area contributed by atoms with Crippen molar-refractivity contribution >= 4 is 28.2 Å². The van der Waals surface area contributed by atoms with E-state index in [1.807, 2.05) is 29.7 Å². The molecule has 7 rings (SSSR count). The number of fused-ring (bicyclic) bond motifs is 2. The highest BCUT2D eigenvalue weighted by Gasteiger charge is 2.39. The number of amides is 1. The van der Waals surface area contributed by atoms with E-state index in [0.717, 1.165) is 48.5 Å². The number of piperazine rings is 1. The van der Waals surface area contributed by atoms with Crippen molar-refractivity contribution in [3.63, 3.8) is 0 Å². The number of aryl methyl sites for hydroxylation is 2. The van der Waals surface area contributed by atoms with E-state index < -0.39 is 11.9 Å². The highest BCUT2D eigenvalue weighted by Crippen LogP contribution is 2.42. The largest absolute Gasteiger partial charge is 0.497 e. The summed E-state index contributed by atoms with van der Waals surface area (Å²) in [5.41, 5.74) is 4.14. The van der Waals surface area contributed by atoms with Crippen LogP contribution >= 0.6 is 0 Å². The van der Waals surface area contributed by atoms with Gasteiger partial charge in [0.2, 0.25) is 0 Å². The van der Waals surface area contributed by atoms with E-state index in [1.54, 1.807) is 42.9 Å². The Morgan fingerprint density at radius 2 is 1.70 bits per heavy atom. The maximum Gasteiger partial charge on any atom is 0.435 e. The van der Waals surface area contributed by atoms with Crippen LogP contribution in [0, 0.1) is 6.92 Å². The second-order valence-corrected chi connectivity index (χ2v) is 12.3. The average Bonchev–Trinajstić information content (AvgIpc) is 3.70. The van der Waals surface area contributed by atoms with Gasteiger partial charge in [0.25, 0.3) is 5.91 Å². The molecular formula is C34H35F3N8O2. The molecular weight excluding hydrogens is 609 g/mol. The monoisotopic (exact) mass is 644 g/mol. The molecule has 2 aliphatic rings. The first-order valence-corrected chi connectivity index (χ1v) is 15.5. The molecule has 0 spiro atoms. The Morgan fingerprint density at radius 1 is 0.936 bits per heavy atom. The summed E-state index contributed by atoms with van der Waals surface area (Å²) in [6, 6.07) is 9.35. The van der Waals surface area contributed by atoms with Crippen LogP contribution in [0.15, 0.2) is 55.2 Å². The number of likely N-dealkylation sites (N-methyl/N-ethyl adjacent to an activating group) is 1. The molecule has 0 aliphatic carbocycles. The molecule has 0 saturated carbocycles. The minimum Gasteiger partial charge on any atom is -0.497 e. The van der Waals surface area contributed by atoms with Crippen molar-refractivity contribution in [3.8, 4) is 16.9 Å². The molecule has 0 atom stereocenters. The highest BCUT2D eigenvalue weighted by molar-refractivity contribution is 6.14. The molecule has 5 heterocycles. The van der Waals surface area contributed by atoms with E-state index in [2.05, 4.69) is 26.9 Å². The number of hydrogen-bond acceptors (Lipinski definition) is 7. The van der Waals surface area contributed by atoms with Gasteiger partial charge in [-0.15, -0.1) is 0 Å². The molecule has 2 aliphatic heterocycles. The van der Waals surface area contributed by atoms with Crippen molar-refractivity contribution in [2.75, 3.05) is 56.7 Å². The zero-order chi connectivity index (χ0) is 33.0. The highest BCUT2D eigenvalue weighted by atomic mass is 19.4. The molecule has 0 bridgehead atoms. The minimum atomic E-state index is -4.66. The van der Waals surface area contributed by atoms with Crippen LogP contribution in [0.25, 0.3) is 22.0 Å². The number of aromatic nitrogens is 5. The van der Waals surface area contributed by atoms with Gasteiger partial charge in [0.05, 0.1) is 30.3 Å². The number of imidazole rings is 1. The molecule has 0 N–H and O–H groups in total. The van der Waals surface area contributed by atoms with Crippen molar-refractivity contribution in [1.29, 1.82) is 0 Å². The maximum atomic E-state index is 14.6. The summed E-state index contributed by atoms with van der Waals surface area (Å²) in [5.74, 6) is 0.373. The Balaban J connectivity index is 1.38. The van der Waals surface area contributed by atoms with Gasteiger partial charge in [-0.05, 0) is 61.3 Å². The fourth-order valence-electron chi connectivity index (χ4n) is 6.73. The number of pyridine rings is 1. The Morgan fingerprint density at radius 3 is 2.40 bits per heavy atom. The average molecular weight is 645 g/mol. The third-order valence-corrected chi connectivity index (χ3v) is 9.03. The minimum absolute atomic E-state index is 0.0447. The number of ether oxygens (including phenoxy) is 1. The molecule has 1 amide bonds. The Labute approximate surface area is 270 Å². The zero-order valence-electron chi connectivity index (χ0n) is 26.7. The summed E-state index contributed by atoms with van der Waals surface area (Å²) in [5, 5.41) is 4.54. The lowest BCUT2D eigenvalue weighted by atomic mass is 9.87. The predicted molar refractivity (Wildman–Crippen MR) is 173 cm³/mol. The number of methoxy groups -OCH3 is 1. The Bertz CT molecular complexity index is 1980. The Kier molecular flexibility index (Phi) is 7.66. The van der Waals surface area contributed by atoms with Crippen LogP contribution in [-0.4, -0.2) is 82.0 Å². The van der Waals surface area contributed by atoms with Crippen LogP contribution in [0.5, 0.6) is 5.75 Å². The van der Waals surface area contributed by atoms with Crippen molar-refractivity contribution in [3.05, 3.63) is 83.3 Å². The van der Waals surface area contributed by atoms with E-state index in [-0.39, 0.29) is 18.0 Å². The molecule has 0 unspecified atom stereocenters. The van der Waals surface area contributed by atoms with E-state index >= 15 is 0 Å². The summed E-state index contributed by atoms with van der Waals surface area (Å²) < 4.78 is 51.3. The van der Waals surface area contributed by atoms with E-state index in [1.165, 1.54) is 17.9 Å². The van der Waals surface area contributed by atoms with Crippen molar-refractivity contribution in [1.82, 2.24) is 29.2 Å². The van der Waals surface area contributed by atoms with Crippen molar-refractivity contribution < 1.29 is 22.7 Å². The SMILES string of the molecule is COc1cc(N2CCN(C)CC2)c2nc(C)cc(N3CCc4c(cc(Cn5ccnc5)cc4-c4cn(C)nc4C(F)(F)F)C3=O)c2c1. The second kappa shape index (κ2) is 11.7. The summed E-state index contributed by atoms with van der Waals surface area (Å²) in [7, 11) is 5.19. The van der Waals surface area contributed by atoms with Gasteiger partial charge < -0.3 is 24.0 Å². The van der Waals surface area contributed by atoms with Gasteiger partial charge in [0.15, 0.2) is 5.69 Å². The number of halogens is 3. The van der Waals surface area contributed by atoms with Crippen LogP contribution in [-0.2, 0) is 26.2 Å². The number of benzene rings is 2. The van der Waals surface area contributed by atoms with Gasteiger partial charge in [-0.25, -0.2) is 4.98 Å². The summed E-state index contributed by atoms with van der Waals surface area (Å²) in [4.78, 5) is 29.9. The van der Waals surface area contributed by atoms with E-state index in [4.69, 9.17) is 9.72 Å². The smallest absolute Gasteiger partial charge is 0.435 e. The van der Waals surface area contributed by atoms with Crippen LogP contribution < -0.4 is 14.5 Å². The first-order chi connectivity index (χ1) is 22.5. The lowest BCUT2D eigenvalue weighted by Crippen LogP contribution is -2.44. The molecule has 5 aromatic rings. The number of rotatable bonds is 6. The first-order valence-electron chi connectivity index (χ1n) is 15.5. The van der Waals surface area contributed by atoms with Gasteiger partial charge >= 0.3 is 6.18 Å². The number of carbonyl (C=O) groups is 1. The van der Waals surface area contributed by atoms with E-state index in [0.29, 0.717) is 46.7 Å². The molecule has 0 radical (unpaired) electrons. The van der Waals surface area contributed by atoms with Crippen LogP contribution in [0.4, 0.5) is 24.5 Å². The third-order valence-electron chi connectivity index (χ3n) is 9.03. The molecule has 244 valence electrons. The van der Waals surface area contributed by atoms with Crippen molar-refractivity contribution in [2.45, 2.75) is 26.1 Å². The number of nitrogens with zero attached hydrogens (tertiary/aromatic N) is 8. The molecule has 13 heteroatoms. The van der Waals surface area contributed by atoms with Crippen LogP contribution in [0.2, 0.25) is 0 Å². The quantitative estimate of drug-likeness (QED) is 0.252. The van der Waals surface area contributed by atoms with Gasteiger partial charge in [-0.1, -0.05) is 0 Å². The number of anilines is 2. The lowest BCUT2D eigenvalue weighted by Gasteiger charge is -2.35. The van der Waals surface area contributed by atoms with Crippen LogP contribution in [0.1, 0.15) is 32.9 Å². The molecule has 1 saturated heterocycles. The second-order valence-electron chi connectivity index (χ2n) is 12.3. The molecule has 47 heavy (non-hydrogen) atoms. The summed E-state index contributed by atoms with van der Waals surface area (Å²) in [6.45, 7) is 6.00. The summed E-state index contributed by atoms with van der Waals surface area (Å²) >= 11 is 0. The third kappa shape index (κ3) is 5.69. The summed E-state index contributed by atoms with van der Waals surface area (Å²) in [6.07, 6.45) is 2.11. The van der Waals surface area contributed by atoms with Gasteiger partial charge in [-0.3, -0.25) is 14.5 Å². The Hall–Kier alpha value is -4.91. The standard InChI is InChI=1S/C34H35F3N8O2/c1-21-13-29(27-16-23(47-4)17-30(31(27)39-21)44-11-9-41(2)10-12-44)45-7-5-24-25(28-19-42(3)40-32(28)34(35,36)37)14-22(15-26(24)33(45)46)18-43-8-6-38-20-43/h6,8,13-17,19-20H,5,7,9-12,18H2,1-4H3. The van der Waals surface area contributed by atoms with E-state index in [9.17, 15) is 18.0 Å². The van der Waals surface area contributed by atoms with Crippen molar-refractivity contribution in [2.24, 2.45) is 7.05 Å². The lowest BCUT2D eigenvalue weighted by molar-refractivity contribution is -0.140. The number of alkyl halides is 3. The molecule has 2 aromatic carbocycles. The van der Waals surface area contributed by atoms with Crippen LogP contribution in [0.3, 0.4) is 0 Å². The predicted octanol–water partition coefficient (Wildman–Crippen LogP) is 5.17. The number of carbonyl (C=O) groups excluding carboxylic acids is 1. The topological polar surface area (TPSA) is 84.6 Å².